The fourth-order valence-electron chi connectivity index (χ4n) is 6.44. The number of nitrogens with two attached hydrogens (primary N) is 3. The molecule has 0 spiro atoms. The van der Waals surface area contributed by atoms with Crippen LogP contribution in [0.25, 0.3) is 10.9 Å². The number of para-hydroxylation sites is 1. The molecule has 3 rings (SSSR count). The Labute approximate surface area is 361 Å². The molecule has 2 aromatic rings. The average Bonchev–Trinajstić information content (AvgIpc) is 3.87. The number of thiol groups is 2. The van der Waals surface area contributed by atoms with E-state index in [1.54, 1.807) is 30.5 Å². The first-order valence-corrected chi connectivity index (χ1v) is 20.7. The van der Waals surface area contributed by atoms with Gasteiger partial charge in [0.25, 0.3) is 0 Å². The molecule has 14 N–H and O–H groups in total. The van der Waals surface area contributed by atoms with Gasteiger partial charge in [-0.05, 0) is 49.5 Å². The molecule has 8 amide bonds. The molecule has 0 bridgehead atoms. The Balaban J connectivity index is 1.69. The van der Waals surface area contributed by atoms with Crippen LogP contribution in [0.1, 0.15) is 50.5 Å². The molecule has 24 heteroatoms. The highest BCUT2D eigenvalue weighted by Crippen LogP contribution is 2.23. The van der Waals surface area contributed by atoms with Gasteiger partial charge in [0.1, 0.15) is 30.2 Å². The van der Waals surface area contributed by atoms with Crippen molar-refractivity contribution in [1.82, 2.24) is 41.8 Å². The largest absolute Gasteiger partial charge is 0.481 e. The summed E-state index contributed by atoms with van der Waals surface area (Å²) in [4.78, 5) is 124. The van der Waals surface area contributed by atoms with Gasteiger partial charge in [0.2, 0.25) is 47.3 Å². The molecule has 5 atom stereocenters. The van der Waals surface area contributed by atoms with Crippen molar-refractivity contribution in [3.05, 3.63) is 36.0 Å². The van der Waals surface area contributed by atoms with Crippen LogP contribution in [0.2, 0.25) is 0 Å². The number of aliphatic imine (C=N–C) groups is 1. The lowest BCUT2D eigenvalue weighted by Crippen LogP contribution is -2.59. The van der Waals surface area contributed by atoms with E-state index in [2.05, 4.69) is 67.1 Å². The van der Waals surface area contributed by atoms with E-state index in [0.29, 0.717) is 31.4 Å². The normalized spacial score (nSPS) is 15.3. The van der Waals surface area contributed by atoms with E-state index in [1.165, 1.54) is 4.90 Å². The Bertz CT molecular complexity index is 1940. The summed E-state index contributed by atoms with van der Waals surface area (Å²) >= 11 is 8.07. The maximum atomic E-state index is 14.2. The predicted octanol–water partition coefficient (Wildman–Crippen LogP) is -3.47. The van der Waals surface area contributed by atoms with E-state index in [0.717, 1.165) is 10.9 Å². The maximum Gasteiger partial charge on any atom is 0.305 e. The lowest BCUT2D eigenvalue weighted by Gasteiger charge is -2.30. The zero-order valence-corrected chi connectivity index (χ0v) is 35.1. The zero-order chi connectivity index (χ0) is 45.1. The van der Waals surface area contributed by atoms with Crippen LogP contribution in [0, 0.1) is 0 Å². The Morgan fingerprint density at radius 1 is 0.836 bits per heavy atom. The number of aromatic nitrogens is 1. The van der Waals surface area contributed by atoms with E-state index in [4.69, 9.17) is 17.2 Å². The summed E-state index contributed by atoms with van der Waals surface area (Å²) < 4.78 is 0. The minimum atomic E-state index is -1.72. The number of carboxylic acid groups (broad SMARTS) is 1. The summed E-state index contributed by atoms with van der Waals surface area (Å²) in [5.41, 5.74) is 17.4. The number of fused-ring (bicyclic) bond motifs is 1. The number of aliphatic carboxylic acids is 1. The van der Waals surface area contributed by atoms with Gasteiger partial charge in [0.05, 0.1) is 19.5 Å². The van der Waals surface area contributed by atoms with Gasteiger partial charge < -0.3 is 64.1 Å². The molecule has 22 nitrogen and oxygen atoms in total. The van der Waals surface area contributed by atoms with Crippen LogP contribution in [-0.2, 0) is 49.6 Å². The molecule has 1 saturated heterocycles. The van der Waals surface area contributed by atoms with Gasteiger partial charge in [0.15, 0.2) is 5.96 Å². The number of rotatable bonds is 25. The van der Waals surface area contributed by atoms with Gasteiger partial charge >= 0.3 is 5.97 Å². The molecule has 1 aliphatic heterocycles. The maximum absolute atomic E-state index is 14.2. The number of nitrogens with zero attached hydrogens (tertiary/aromatic N) is 2. The van der Waals surface area contributed by atoms with Gasteiger partial charge in [-0.25, -0.2) is 0 Å². The van der Waals surface area contributed by atoms with Crippen molar-refractivity contribution in [1.29, 1.82) is 0 Å². The van der Waals surface area contributed by atoms with Gasteiger partial charge in [-0.1, -0.05) is 18.2 Å². The first kappa shape index (κ1) is 49.3. The SMILES string of the molecule is NC(=O)[C@H](CS)NC(=O)[C@@H]1CCCN1C(=O)[C@H](Cc1c[nH]c2ccccc12)NC(=O)[C@H](CC(=O)O)NC(=O)CNC(=O)CNC(=O)[C@H](CCCCN=C(N)N)NC(=O)CCS. The van der Waals surface area contributed by atoms with Gasteiger partial charge in [-0.2, -0.15) is 25.3 Å². The molecule has 61 heavy (non-hydrogen) atoms. The van der Waals surface area contributed by atoms with Crippen LogP contribution in [0.4, 0.5) is 0 Å². The number of aromatic amines is 1. The van der Waals surface area contributed by atoms with Crippen LogP contribution >= 0.6 is 25.3 Å². The molecular formula is C37H54N12O10S2. The summed E-state index contributed by atoms with van der Waals surface area (Å²) in [6.07, 6.45) is 2.52. The number of H-pyrrole nitrogens is 1. The average molecular weight is 891 g/mol. The lowest BCUT2D eigenvalue weighted by atomic mass is 10.0. The van der Waals surface area contributed by atoms with Gasteiger partial charge in [0, 0.05) is 48.8 Å². The molecule has 1 aromatic carbocycles. The summed E-state index contributed by atoms with van der Waals surface area (Å²) in [5.74, 6) is -7.47. The van der Waals surface area contributed by atoms with Crippen molar-refractivity contribution < 1.29 is 48.3 Å². The second-order valence-electron chi connectivity index (χ2n) is 14.1. The highest BCUT2D eigenvalue weighted by Gasteiger charge is 2.39. The van der Waals surface area contributed by atoms with Gasteiger partial charge in [-0.15, -0.1) is 0 Å². The van der Waals surface area contributed by atoms with Crippen LogP contribution in [-0.4, -0.2) is 142 Å². The Hall–Kier alpha value is -6.04. The number of nitrogens with one attached hydrogen (secondary N) is 7. The number of hydrogen-bond donors (Lipinski definition) is 13. The minimum absolute atomic E-state index is 0.0487. The first-order chi connectivity index (χ1) is 29.0. The summed E-state index contributed by atoms with van der Waals surface area (Å²) in [6, 6.07) is 0.976. The van der Waals surface area contributed by atoms with Crippen molar-refractivity contribution in [3.8, 4) is 0 Å². The van der Waals surface area contributed by atoms with Crippen LogP contribution in [0.3, 0.4) is 0 Å². The highest BCUT2D eigenvalue weighted by atomic mass is 32.1. The number of primary amides is 1. The van der Waals surface area contributed by atoms with E-state index < -0.39 is 103 Å². The third-order valence-electron chi connectivity index (χ3n) is 9.48. The molecular weight excluding hydrogens is 837 g/mol. The fourth-order valence-corrected chi connectivity index (χ4v) is 6.91. The number of carboxylic acids is 1. The van der Waals surface area contributed by atoms with E-state index in [9.17, 15) is 48.3 Å². The first-order valence-electron chi connectivity index (χ1n) is 19.4. The van der Waals surface area contributed by atoms with Crippen LogP contribution in [0.15, 0.2) is 35.5 Å². The number of benzene rings is 1. The second kappa shape index (κ2) is 24.9. The van der Waals surface area contributed by atoms with Crippen molar-refractivity contribution in [2.45, 2.75) is 81.6 Å². The number of unbranched alkanes of at least 4 members (excludes halogenated alkanes) is 1. The monoisotopic (exact) mass is 890 g/mol. The zero-order valence-electron chi connectivity index (χ0n) is 33.3. The van der Waals surface area contributed by atoms with Crippen LogP contribution < -0.4 is 49.1 Å². The minimum Gasteiger partial charge on any atom is -0.481 e. The molecule has 1 aliphatic rings. The molecule has 0 unspecified atom stereocenters. The van der Waals surface area contributed by atoms with Crippen molar-refractivity contribution in [2.24, 2.45) is 22.2 Å². The van der Waals surface area contributed by atoms with E-state index >= 15 is 0 Å². The standard InChI is InChI=1S/C37H54N12O10S2/c38-32(55)26(19-61)48-35(58)27-9-5-12-49(27)36(59)25(14-20-16-42-22-7-2-1-6-21(20)22)47-34(57)24(15-31(53)54)46-30(52)18-43-29(51)17-44-33(56)23(45-28(50)10-13-60)8-3-4-11-41-37(39)40/h1-2,6-7,16,23-27,42,60-61H,3-5,8-15,17-19H2,(H2,38,55)(H,43,51)(H,44,56)(H,45,50)(H,46,52)(H,47,57)(H,48,58)(H,53,54)(H4,39,40,41)/t23-,24-,25-,26-,27-/m0/s1. The van der Waals surface area contributed by atoms with Crippen molar-refractivity contribution >= 4 is 95.3 Å². The second-order valence-corrected chi connectivity index (χ2v) is 14.9. The molecule has 0 radical (unpaired) electrons. The summed E-state index contributed by atoms with van der Waals surface area (Å²) in [6.45, 7) is -0.891. The number of carbonyl (C=O) groups is 9. The fraction of sp³-hybridized carbons (Fsp3) is 0.514. The van der Waals surface area contributed by atoms with E-state index in [-0.39, 0.29) is 49.7 Å². The highest BCUT2D eigenvalue weighted by molar-refractivity contribution is 7.80. The Kier molecular flexibility index (Phi) is 20.1. The predicted molar refractivity (Wildman–Crippen MR) is 229 cm³/mol. The van der Waals surface area contributed by atoms with Crippen molar-refractivity contribution in [2.75, 3.05) is 37.7 Å². The third kappa shape index (κ3) is 16.2. The summed E-state index contributed by atoms with van der Waals surface area (Å²) in [7, 11) is 0. The number of hydrogen-bond acceptors (Lipinski definition) is 12. The van der Waals surface area contributed by atoms with Gasteiger partial charge in [-0.3, -0.25) is 48.1 Å². The van der Waals surface area contributed by atoms with Crippen molar-refractivity contribution in [3.63, 3.8) is 0 Å². The number of guanidine groups is 1. The molecule has 0 saturated carbocycles. The summed E-state index contributed by atoms with van der Waals surface area (Å²) in [5, 5.41) is 25.0. The Morgan fingerprint density at radius 2 is 1.54 bits per heavy atom. The number of amides is 8. The molecule has 2 heterocycles. The topological polar surface area (TPSA) is 355 Å². The Morgan fingerprint density at radius 3 is 2.21 bits per heavy atom. The number of carbonyl (C=O) groups excluding carboxylic acids is 8. The quantitative estimate of drug-likeness (QED) is 0.0200. The molecule has 1 aromatic heterocycles. The molecule has 0 aliphatic carbocycles. The van der Waals surface area contributed by atoms with Crippen LogP contribution in [0.5, 0.6) is 0 Å². The lowest BCUT2D eigenvalue weighted by molar-refractivity contribution is -0.143. The third-order valence-corrected chi connectivity index (χ3v) is 10.1. The van der Waals surface area contributed by atoms with E-state index in [1.807, 2.05) is 0 Å². The molecule has 1 fully saturated rings. The number of likely N-dealkylation sites (tertiary alicyclic amines) is 1. The smallest absolute Gasteiger partial charge is 0.305 e. The molecule has 334 valence electrons.